The van der Waals surface area contributed by atoms with Crippen molar-refractivity contribution < 1.29 is 19.1 Å². The molecule has 59 heavy (non-hydrogen) atoms. The highest BCUT2D eigenvalue weighted by atomic mass is 16.5. The molecule has 5 heterocycles. The van der Waals surface area contributed by atoms with Gasteiger partial charge < -0.3 is 30.9 Å². The van der Waals surface area contributed by atoms with Crippen molar-refractivity contribution in [3.8, 4) is 22.9 Å². The predicted molar refractivity (Wildman–Crippen MR) is 228 cm³/mol. The average molecular weight is 798 g/mol. The van der Waals surface area contributed by atoms with Crippen LogP contribution in [-0.2, 0) is 9.59 Å². The molecule has 3 amide bonds. The maximum Gasteiger partial charge on any atom is 0.270 e. The number of likely N-dealkylation sites (tertiary alicyclic amines) is 1. The molecule has 5 N–H and O–H groups in total. The smallest absolute Gasteiger partial charge is 0.270 e. The third kappa shape index (κ3) is 11.0. The monoisotopic (exact) mass is 797 g/mol. The van der Waals surface area contributed by atoms with Crippen LogP contribution in [0, 0.1) is 23.2 Å². The highest BCUT2D eigenvalue weighted by Crippen LogP contribution is 2.32. The van der Waals surface area contributed by atoms with Crippen LogP contribution in [0.15, 0.2) is 79.1 Å². The molecule has 2 atom stereocenters. The summed E-state index contributed by atoms with van der Waals surface area (Å²) < 4.78 is 5.92. The number of hydrogen-bond donors (Lipinski definition) is 4. The number of piperidine rings is 3. The minimum Gasteiger partial charge on any atom is -0.491 e. The topological polar surface area (TPSA) is 179 Å². The van der Waals surface area contributed by atoms with Crippen LogP contribution in [-0.4, -0.2) is 84.0 Å². The lowest BCUT2D eigenvalue weighted by Crippen LogP contribution is -2.52. The standard InChI is InChI=1S/C46H55N9O4/c1-30(2)23-37(48)29-59-42-11-5-34(24-36(42)26-47)35-13-18-49-43(25-35)51-38-6-3-32(4-7-38)33-16-19-54(20-17-33)28-31-14-21-55(22-15-31)39-8-9-40(50-27-39)45(57)52-41-10-12-44(56)53-46(41)58/h3-9,11,13,18,24-25,27,30-31,33,37,41H,10,12,14-17,19-23,28-29,48H2,1-2H3,(H,49,51)(H,52,57)(H,53,56,58)/t37-,41-/m0/s1. The molecule has 4 aromatic rings. The molecule has 0 bridgehead atoms. The summed E-state index contributed by atoms with van der Waals surface area (Å²) in [6.07, 6.45) is 9.38. The minimum absolute atomic E-state index is 0.0795. The van der Waals surface area contributed by atoms with Crippen molar-refractivity contribution in [3.05, 3.63) is 95.9 Å². The van der Waals surface area contributed by atoms with E-state index in [9.17, 15) is 19.6 Å². The minimum atomic E-state index is -0.722. The first-order chi connectivity index (χ1) is 28.6. The number of rotatable bonds is 14. The fraction of sp³-hybridized carbons (Fsp3) is 0.435. The zero-order valence-electron chi connectivity index (χ0n) is 34.0. The molecule has 0 unspecified atom stereocenters. The molecule has 3 saturated heterocycles. The molecule has 0 spiro atoms. The van der Waals surface area contributed by atoms with E-state index in [1.54, 1.807) is 18.5 Å². The zero-order chi connectivity index (χ0) is 41.3. The van der Waals surface area contributed by atoms with Crippen molar-refractivity contribution in [1.82, 2.24) is 25.5 Å². The van der Waals surface area contributed by atoms with Gasteiger partial charge in [-0.1, -0.05) is 32.0 Å². The van der Waals surface area contributed by atoms with E-state index in [-0.39, 0.29) is 24.1 Å². The summed E-state index contributed by atoms with van der Waals surface area (Å²) in [5.74, 6) is 1.75. The number of nitrogens with one attached hydrogen (secondary N) is 3. The van der Waals surface area contributed by atoms with Gasteiger partial charge >= 0.3 is 0 Å². The van der Waals surface area contributed by atoms with Crippen molar-refractivity contribution in [2.24, 2.45) is 17.6 Å². The third-order valence-electron chi connectivity index (χ3n) is 11.7. The maximum absolute atomic E-state index is 12.7. The van der Waals surface area contributed by atoms with Crippen molar-refractivity contribution in [2.45, 2.75) is 76.8 Å². The third-order valence-corrected chi connectivity index (χ3v) is 11.7. The summed E-state index contributed by atoms with van der Waals surface area (Å²) in [6, 6.07) is 23.4. The Labute approximate surface area is 346 Å². The quantitative estimate of drug-likeness (QED) is 0.108. The van der Waals surface area contributed by atoms with Gasteiger partial charge in [0.25, 0.3) is 5.91 Å². The number of ether oxygens (including phenoxy) is 1. The van der Waals surface area contributed by atoms with Crippen LogP contribution in [0.5, 0.6) is 5.75 Å². The number of carbonyl (C=O) groups is 3. The van der Waals surface area contributed by atoms with Gasteiger partial charge in [-0.05, 0) is 135 Å². The molecule has 2 aromatic carbocycles. The van der Waals surface area contributed by atoms with Gasteiger partial charge in [0, 0.05) is 44.0 Å². The number of benzene rings is 2. The largest absolute Gasteiger partial charge is 0.491 e. The summed E-state index contributed by atoms with van der Waals surface area (Å²) in [6.45, 7) is 9.85. The number of nitrogens with two attached hydrogens (primary N) is 1. The molecule has 13 heteroatoms. The van der Waals surface area contributed by atoms with Gasteiger partial charge in [0.15, 0.2) is 0 Å². The van der Waals surface area contributed by atoms with E-state index >= 15 is 0 Å². The summed E-state index contributed by atoms with van der Waals surface area (Å²) in [5.41, 5.74) is 12.1. The number of hydrogen-bond acceptors (Lipinski definition) is 11. The predicted octanol–water partition coefficient (Wildman–Crippen LogP) is 6.14. The molecule has 3 fully saturated rings. The molecule has 0 aliphatic carbocycles. The molecule has 13 nitrogen and oxygen atoms in total. The number of nitrogens with zero attached hydrogens (tertiary/aromatic N) is 5. The second-order valence-corrected chi connectivity index (χ2v) is 16.6. The second kappa shape index (κ2) is 19.3. The van der Waals surface area contributed by atoms with Crippen molar-refractivity contribution in [3.63, 3.8) is 0 Å². The lowest BCUT2D eigenvalue weighted by Gasteiger charge is -2.38. The van der Waals surface area contributed by atoms with Gasteiger partial charge in [-0.15, -0.1) is 0 Å². The number of imide groups is 1. The molecule has 0 radical (unpaired) electrons. The molecule has 3 aliphatic rings. The van der Waals surface area contributed by atoms with Crippen LogP contribution < -0.4 is 31.3 Å². The highest BCUT2D eigenvalue weighted by molar-refractivity contribution is 6.03. The molecular formula is C46H55N9O4. The number of aromatic nitrogens is 2. The van der Waals surface area contributed by atoms with Crippen LogP contribution in [0.25, 0.3) is 11.1 Å². The van der Waals surface area contributed by atoms with E-state index < -0.39 is 17.9 Å². The van der Waals surface area contributed by atoms with Crippen LogP contribution in [0.3, 0.4) is 0 Å². The van der Waals surface area contributed by atoms with Crippen LogP contribution >= 0.6 is 0 Å². The SMILES string of the molecule is CC(C)C[C@H](N)COc1ccc(-c2ccnc(Nc3ccc(C4CCN(CC5CCN(c6ccc(C(=O)N[C@H]7CCC(=O)NC7=O)nc6)CC5)CC4)cc3)c2)cc1C#N. The number of nitriles is 1. The van der Waals surface area contributed by atoms with Gasteiger partial charge in [0.2, 0.25) is 11.8 Å². The van der Waals surface area contributed by atoms with E-state index in [1.165, 1.54) is 5.56 Å². The Hall–Kier alpha value is -5.84. The number of anilines is 3. The zero-order valence-corrected chi connectivity index (χ0v) is 34.0. The first-order valence-electron chi connectivity index (χ1n) is 20.9. The van der Waals surface area contributed by atoms with Crippen LogP contribution in [0.4, 0.5) is 17.2 Å². The maximum atomic E-state index is 12.7. The lowest BCUT2D eigenvalue weighted by atomic mass is 9.88. The molecular weight excluding hydrogens is 743 g/mol. The first kappa shape index (κ1) is 41.3. The Kier molecular flexibility index (Phi) is 13.5. The fourth-order valence-corrected chi connectivity index (χ4v) is 8.42. The first-order valence-corrected chi connectivity index (χ1v) is 20.9. The van der Waals surface area contributed by atoms with Gasteiger partial charge in [-0.2, -0.15) is 5.26 Å². The number of amides is 3. The fourth-order valence-electron chi connectivity index (χ4n) is 8.42. The number of pyridine rings is 2. The Morgan fingerprint density at radius 1 is 0.949 bits per heavy atom. The van der Waals surface area contributed by atoms with Gasteiger partial charge in [0.05, 0.1) is 17.4 Å². The van der Waals surface area contributed by atoms with E-state index in [4.69, 9.17) is 10.5 Å². The normalized spacial score (nSPS) is 18.6. The molecule has 308 valence electrons. The van der Waals surface area contributed by atoms with Gasteiger partial charge in [-0.25, -0.2) is 9.97 Å². The Balaban J connectivity index is 0.837. The average Bonchev–Trinajstić information content (AvgIpc) is 3.24. The van der Waals surface area contributed by atoms with Crippen molar-refractivity contribution in [2.75, 3.05) is 49.5 Å². The van der Waals surface area contributed by atoms with E-state index in [0.717, 1.165) is 93.1 Å². The molecule has 3 aliphatic heterocycles. The second-order valence-electron chi connectivity index (χ2n) is 16.6. The lowest BCUT2D eigenvalue weighted by molar-refractivity contribution is -0.134. The van der Waals surface area contributed by atoms with E-state index in [1.807, 2.05) is 36.4 Å². The summed E-state index contributed by atoms with van der Waals surface area (Å²) in [4.78, 5) is 50.0. The van der Waals surface area contributed by atoms with Crippen LogP contribution in [0.1, 0.15) is 86.3 Å². The van der Waals surface area contributed by atoms with E-state index in [2.05, 4.69) is 79.9 Å². The number of carbonyl (C=O) groups excluding carboxylic acids is 3. The molecule has 2 aromatic heterocycles. The van der Waals surface area contributed by atoms with Gasteiger partial charge in [-0.3, -0.25) is 19.7 Å². The van der Waals surface area contributed by atoms with Crippen molar-refractivity contribution in [1.29, 1.82) is 5.26 Å². The van der Waals surface area contributed by atoms with Gasteiger partial charge in [0.1, 0.15) is 36.0 Å². The Morgan fingerprint density at radius 3 is 2.41 bits per heavy atom. The molecule has 0 saturated carbocycles. The summed E-state index contributed by atoms with van der Waals surface area (Å²) >= 11 is 0. The Bertz CT molecular complexity index is 2120. The summed E-state index contributed by atoms with van der Waals surface area (Å²) in [7, 11) is 0. The Morgan fingerprint density at radius 2 is 1.71 bits per heavy atom. The van der Waals surface area contributed by atoms with E-state index in [0.29, 0.717) is 42.1 Å². The van der Waals surface area contributed by atoms with Crippen LogP contribution in [0.2, 0.25) is 0 Å². The highest BCUT2D eigenvalue weighted by Gasteiger charge is 2.29. The molecule has 7 rings (SSSR count). The van der Waals surface area contributed by atoms with Crippen molar-refractivity contribution >= 4 is 34.9 Å². The summed E-state index contributed by atoms with van der Waals surface area (Å²) in [5, 5.41) is 18.2.